The molecule has 0 saturated heterocycles. The van der Waals surface area contributed by atoms with Crippen molar-refractivity contribution in [2.45, 2.75) is 26.4 Å². The number of amides is 1. The molecule has 1 aromatic rings. The van der Waals surface area contributed by atoms with Crippen LogP contribution in [0.4, 0.5) is 0 Å². The Morgan fingerprint density at radius 3 is 2.69 bits per heavy atom. The van der Waals surface area contributed by atoms with Crippen LogP contribution in [0.25, 0.3) is 0 Å². The van der Waals surface area contributed by atoms with E-state index >= 15 is 0 Å². The molecule has 3 nitrogen and oxygen atoms in total. The zero-order chi connectivity index (χ0) is 11.4. The number of hydrogen-bond donors (Lipinski definition) is 2. The Morgan fingerprint density at radius 2 is 2.25 bits per heavy atom. The summed E-state index contributed by atoms with van der Waals surface area (Å²) in [6.07, 6.45) is 0. The van der Waals surface area contributed by atoms with Crippen molar-refractivity contribution in [1.82, 2.24) is 5.32 Å². The van der Waals surface area contributed by atoms with Crippen molar-refractivity contribution in [3.63, 3.8) is 0 Å². The summed E-state index contributed by atoms with van der Waals surface area (Å²) in [6, 6.07) is 1.89. The van der Waals surface area contributed by atoms with Gasteiger partial charge in [0.2, 0.25) is 5.91 Å². The van der Waals surface area contributed by atoms with E-state index in [9.17, 15) is 4.79 Å². The second-order valence-corrected chi connectivity index (χ2v) is 5.92. The Balaban J connectivity index is 0.00000225. The smallest absolute Gasteiger partial charge is 0.224 e. The lowest BCUT2D eigenvalue weighted by molar-refractivity contribution is -0.125. The number of hydrogen-bond acceptors (Lipinski definition) is 3. The summed E-state index contributed by atoms with van der Waals surface area (Å²) in [5, 5.41) is 4.88. The second-order valence-electron chi connectivity index (χ2n) is 3.62. The van der Waals surface area contributed by atoms with Gasteiger partial charge in [0.05, 0.1) is 3.79 Å². The standard InChI is InChI=1S/C10H15BrN2OS.ClH/c1-6(7(2)12)10(14)13-4-8-3-9(11)15-5-8;/h3,5-7H,4,12H2,1-2H3,(H,13,14);1H. The lowest BCUT2D eigenvalue weighted by Crippen LogP contribution is -2.38. The predicted octanol–water partition coefficient (Wildman–Crippen LogP) is 2.53. The molecule has 0 aliphatic carbocycles. The third-order valence-corrected chi connectivity index (χ3v) is 3.84. The summed E-state index contributed by atoms with van der Waals surface area (Å²) in [6.45, 7) is 4.24. The van der Waals surface area contributed by atoms with Crippen LogP contribution in [0.15, 0.2) is 15.2 Å². The van der Waals surface area contributed by atoms with Crippen LogP contribution in [0.1, 0.15) is 19.4 Å². The zero-order valence-electron chi connectivity index (χ0n) is 9.20. The highest BCUT2D eigenvalue weighted by atomic mass is 79.9. The number of rotatable bonds is 4. The monoisotopic (exact) mass is 326 g/mol. The van der Waals surface area contributed by atoms with Crippen LogP contribution in [0.5, 0.6) is 0 Å². The molecule has 1 aromatic heterocycles. The number of halogens is 2. The highest BCUT2D eigenvalue weighted by Crippen LogP contribution is 2.20. The first-order chi connectivity index (χ1) is 7.00. The molecule has 0 aromatic carbocycles. The molecule has 2 unspecified atom stereocenters. The zero-order valence-corrected chi connectivity index (χ0v) is 12.4. The molecule has 92 valence electrons. The van der Waals surface area contributed by atoms with Crippen molar-refractivity contribution in [1.29, 1.82) is 0 Å². The van der Waals surface area contributed by atoms with Crippen molar-refractivity contribution in [3.05, 3.63) is 20.8 Å². The first-order valence-electron chi connectivity index (χ1n) is 4.77. The fourth-order valence-corrected chi connectivity index (χ4v) is 2.24. The normalized spacial score (nSPS) is 13.8. The fourth-order valence-electron chi connectivity index (χ4n) is 1.03. The van der Waals surface area contributed by atoms with E-state index in [1.807, 2.05) is 25.3 Å². The summed E-state index contributed by atoms with van der Waals surface area (Å²) in [4.78, 5) is 11.6. The van der Waals surface area contributed by atoms with Gasteiger partial charge >= 0.3 is 0 Å². The van der Waals surface area contributed by atoms with E-state index in [2.05, 4.69) is 21.2 Å². The van der Waals surface area contributed by atoms with E-state index in [-0.39, 0.29) is 30.3 Å². The predicted molar refractivity (Wildman–Crippen MR) is 73.9 cm³/mol. The topological polar surface area (TPSA) is 55.1 Å². The first kappa shape index (κ1) is 15.9. The maximum atomic E-state index is 11.6. The summed E-state index contributed by atoms with van der Waals surface area (Å²) < 4.78 is 1.08. The van der Waals surface area contributed by atoms with Gasteiger partial charge in [0.15, 0.2) is 0 Å². The number of nitrogens with two attached hydrogens (primary N) is 1. The summed E-state index contributed by atoms with van der Waals surface area (Å²) in [7, 11) is 0. The van der Waals surface area contributed by atoms with E-state index in [1.54, 1.807) is 11.3 Å². The van der Waals surface area contributed by atoms with Gasteiger partial charge in [-0.25, -0.2) is 0 Å². The molecule has 6 heteroatoms. The van der Waals surface area contributed by atoms with Crippen LogP contribution in [0, 0.1) is 5.92 Å². The van der Waals surface area contributed by atoms with E-state index in [0.717, 1.165) is 9.35 Å². The Kier molecular flexibility index (Phi) is 7.22. The van der Waals surface area contributed by atoms with Gasteiger partial charge in [-0.15, -0.1) is 23.7 Å². The number of nitrogens with one attached hydrogen (secondary N) is 1. The van der Waals surface area contributed by atoms with Crippen LogP contribution in [-0.2, 0) is 11.3 Å². The lowest BCUT2D eigenvalue weighted by Gasteiger charge is -2.14. The van der Waals surface area contributed by atoms with Gasteiger partial charge in [0.1, 0.15) is 0 Å². The molecule has 1 rings (SSSR count). The van der Waals surface area contributed by atoms with Crippen LogP contribution in [0.3, 0.4) is 0 Å². The summed E-state index contributed by atoms with van der Waals surface area (Å²) in [5.41, 5.74) is 6.75. The SMILES string of the molecule is CC(N)C(C)C(=O)NCc1csc(Br)c1.Cl. The lowest BCUT2D eigenvalue weighted by atomic mass is 10.0. The quantitative estimate of drug-likeness (QED) is 0.893. The molecule has 0 radical (unpaired) electrons. The average molecular weight is 328 g/mol. The Hall–Kier alpha value is -0.100. The molecule has 3 N–H and O–H groups in total. The van der Waals surface area contributed by atoms with Gasteiger partial charge in [0, 0.05) is 18.5 Å². The van der Waals surface area contributed by atoms with Crippen molar-refractivity contribution < 1.29 is 4.79 Å². The molecule has 0 saturated carbocycles. The Morgan fingerprint density at radius 1 is 1.62 bits per heavy atom. The maximum Gasteiger partial charge on any atom is 0.224 e. The summed E-state index contributed by atoms with van der Waals surface area (Å²) in [5.74, 6) is -0.139. The van der Waals surface area contributed by atoms with Crippen LogP contribution in [-0.4, -0.2) is 11.9 Å². The van der Waals surface area contributed by atoms with Crippen molar-refractivity contribution >= 4 is 45.6 Å². The molecule has 0 fully saturated rings. The first-order valence-corrected chi connectivity index (χ1v) is 6.44. The highest BCUT2D eigenvalue weighted by Gasteiger charge is 2.16. The largest absolute Gasteiger partial charge is 0.352 e. The molecule has 16 heavy (non-hydrogen) atoms. The minimum absolute atomic E-state index is 0. The van der Waals surface area contributed by atoms with Gasteiger partial charge in [0.25, 0.3) is 0 Å². The third kappa shape index (κ3) is 4.82. The molecular weight excluding hydrogens is 312 g/mol. The van der Waals surface area contributed by atoms with Gasteiger partial charge in [-0.05, 0) is 39.9 Å². The summed E-state index contributed by atoms with van der Waals surface area (Å²) >= 11 is 4.99. The molecule has 1 heterocycles. The van der Waals surface area contributed by atoms with Crippen molar-refractivity contribution in [3.8, 4) is 0 Å². The van der Waals surface area contributed by atoms with Crippen molar-refractivity contribution in [2.75, 3.05) is 0 Å². The highest BCUT2D eigenvalue weighted by molar-refractivity contribution is 9.11. The van der Waals surface area contributed by atoms with E-state index in [4.69, 9.17) is 5.73 Å². The van der Waals surface area contributed by atoms with Crippen LogP contribution < -0.4 is 11.1 Å². The number of carbonyl (C=O) groups is 1. The van der Waals surface area contributed by atoms with Gasteiger partial charge in [-0.1, -0.05) is 6.92 Å². The van der Waals surface area contributed by atoms with Crippen molar-refractivity contribution in [2.24, 2.45) is 11.7 Å². The molecule has 0 bridgehead atoms. The van der Waals surface area contributed by atoms with E-state index in [0.29, 0.717) is 6.54 Å². The molecule has 2 atom stereocenters. The second kappa shape index (κ2) is 7.27. The van der Waals surface area contributed by atoms with Crippen LogP contribution >= 0.6 is 39.7 Å². The molecule has 0 aliphatic heterocycles. The van der Waals surface area contributed by atoms with Gasteiger partial charge < -0.3 is 11.1 Å². The number of thiophene rings is 1. The minimum atomic E-state index is -0.146. The Bertz CT molecular complexity index is 343. The van der Waals surface area contributed by atoms with E-state index < -0.39 is 0 Å². The van der Waals surface area contributed by atoms with E-state index in [1.165, 1.54) is 0 Å². The maximum absolute atomic E-state index is 11.6. The molecule has 0 spiro atoms. The van der Waals surface area contributed by atoms with Crippen LogP contribution in [0.2, 0.25) is 0 Å². The fraction of sp³-hybridized carbons (Fsp3) is 0.500. The molecular formula is C10H16BrClN2OS. The average Bonchev–Trinajstić information content (AvgIpc) is 2.59. The number of carbonyl (C=O) groups excluding carboxylic acids is 1. The third-order valence-electron chi connectivity index (χ3n) is 2.29. The minimum Gasteiger partial charge on any atom is -0.352 e. The Labute approximate surface area is 114 Å². The van der Waals surface area contributed by atoms with Gasteiger partial charge in [-0.3, -0.25) is 4.79 Å². The molecule has 1 amide bonds. The molecule has 0 aliphatic rings. The van der Waals surface area contributed by atoms with Gasteiger partial charge in [-0.2, -0.15) is 0 Å².